The first-order valence-corrected chi connectivity index (χ1v) is 9.31. The van der Waals surface area contributed by atoms with Crippen LogP contribution in [0.25, 0.3) is 10.6 Å². The summed E-state index contributed by atoms with van der Waals surface area (Å²) in [6.45, 7) is 0. The van der Waals surface area contributed by atoms with E-state index < -0.39 is 15.9 Å². The summed E-state index contributed by atoms with van der Waals surface area (Å²) in [5.41, 5.74) is 6.82. The second kappa shape index (κ2) is 5.74. The Kier molecular flexibility index (Phi) is 4.44. The molecule has 5 nitrogen and oxygen atoms in total. The van der Waals surface area contributed by atoms with Crippen LogP contribution in [0.2, 0.25) is 0 Å². The van der Waals surface area contributed by atoms with Crippen LogP contribution in [0.4, 0.5) is 0 Å². The average Bonchev–Trinajstić information content (AvgIpc) is 2.93. The van der Waals surface area contributed by atoms with Crippen LogP contribution >= 0.6 is 27.3 Å². The second-order valence-electron chi connectivity index (χ2n) is 4.34. The molecule has 1 unspecified atom stereocenters. The predicted molar refractivity (Wildman–Crippen MR) is 80.9 cm³/mol. The molecule has 0 saturated carbocycles. The van der Waals surface area contributed by atoms with Crippen molar-refractivity contribution in [3.05, 3.63) is 27.9 Å². The van der Waals surface area contributed by atoms with E-state index in [-0.39, 0.29) is 5.75 Å². The van der Waals surface area contributed by atoms with Gasteiger partial charge in [0.1, 0.15) is 15.7 Å². The summed E-state index contributed by atoms with van der Waals surface area (Å²) >= 11 is 4.99. The molecule has 0 aliphatic heterocycles. The van der Waals surface area contributed by atoms with Crippen LogP contribution in [-0.4, -0.2) is 30.4 Å². The zero-order valence-electron chi connectivity index (χ0n) is 10.3. The topological polar surface area (TPSA) is 88.8 Å². The van der Waals surface area contributed by atoms with E-state index in [2.05, 4.69) is 25.9 Å². The standard InChI is InChI=1S/C11H14BrN3O2S2/c1-19(16,17)3-2-8(13)11-14-5-9(15-11)10-4-7(12)6-18-10/h4-6,8H,2-3,13H2,1H3,(H,14,15). The number of aromatic nitrogens is 2. The van der Waals surface area contributed by atoms with Crippen molar-refractivity contribution in [2.45, 2.75) is 12.5 Å². The summed E-state index contributed by atoms with van der Waals surface area (Å²) in [7, 11) is -3.00. The zero-order chi connectivity index (χ0) is 14.0. The van der Waals surface area contributed by atoms with E-state index in [1.54, 1.807) is 17.5 Å². The number of hydrogen-bond acceptors (Lipinski definition) is 5. The van der Waals surface area contributed by atoms with E-state index in [4.69, 9.17) is 5.73 Å². The molecule has 0 aliphatic carbocycles. The van der Waals surface area contributed by atoms with Crippen LogP contribution in [0.15, 0.2) is 22.1 Å². The maximum Gasteiger partial charge on any atom is 0.147 e. The van der Waals surface area contributed by atoms with Crippen LogP contribution in [-0.2, 0) is 9.84 Å². The van der Waals surface area contributed by atoms with Gasteiger partial charge in [-0.15, -0.1) is 11.3 Å². The largest absolute Gasteiger partial charge is 0.340 e. The lowest BCUT2D eigenvalue weighted by Crippen LogP contribution is -2.16. The fourth-order valence-corrected chi connectivity index (χ4v) is 3.66. The number of sulfone groups is 1. The fourth-order valence-electron chi connectivity index (χ4n) is 1.58. The Bertz CT molecular complexity index is 663. The molecule has 104 valence electrons. The lowest BCUT2D eigenvalue weighted by Gasteiger charge is -2.07. The number of nitrogens with one attached hydrogen (secondary N) is 1. The lowest BCUT2D eigenvalue weighted by molar-refractivity contribution is 0.588. The summed E-state index contributed by atoms with van der Waals surface area (Å²) in [5.74, 6) is 0.678. The molecule has 0 bridgehead atoms. The van der Waals surface area contributed by atoms with E-state index in [0.29, 0.717) is 12.2 Å². The van der Waals surface area contributed by atoms with Crippen molar-refractivity contribution in [1.82, 2.24) is 9.97 Å². The second-order valence-corrected chi connectivity index (χ2v) is 8.42. The minimum Gasteiger partial charge on any atom is -0.340 e. The van der Waals surface area contributed by atoms with Gasteiger partial charge in [0.05, 0.1) is 28.6 Å². The molecule has 3 N–H and O–H groups in total. The Labute approximate surface area is 124 Å². The third kappa shape index (κ3) is 4.13. The maximum atomic E-state index is 11.1. The van der Waals surface area contributed by atoms with E-state index in [9.17, 15) is 8.42 Å². The third-order valence-corrected chi connectivity index (χ3v) is 5.28. The van der Waals surface area contributed by atoms with Gasteiger partial charge in [-0.2, -0.15) is 0 Å². The number of hydrogen-bond donors (Lipinski definition) is 2. The highest BCUT2D eigenvalue weighted by atomic mass is 79.9. The van der Waals surface area contributed by atoms with Gasteiger partial charge < -0.3 is 10.7 Å². The molecule has 0 aromatic carbocycles. The number of rotatable bonds is 5. The highest BCUT2D eigenvalue weighted by Crippen LogP contribution is 2.29. The molecular weight excluding hydrogens is 350 g/mol. The fraction of sp³-hybridized carbons (Fsp3) is 0.364. The van der Waals surface area contributed by atoms with Gasteiger partial charge in [-0.05, 0) is 28.4 Å². The molecule has 0 radical (unpaired) electrons. The van der Waals surface area contributed by atoms with Crippen molar-refractivity contribution < 1.29 is 8.42 Å². The van der Waals surface area contributed by atoms with Crippen LogP contribution < -0.4 is 5.73 Å². The molecule has 19 heavy (non-hydrogen) atoms. The van der Waals surface area contributed by atoms with Crippen LogP contribution in [0.1, 0.15) is 18.3 Å². The Hall–Kier alpha value is -0.700. The van der Waals surface area contributed by atoms with Gasteiger partial charge in [-0.1, -0.05) is 0 Å². The monoisotopic (exact) mass is 363 g/mol. The van der Waals surface area contributed by atoms with Gasteiger partial charge in [-0.25, -0.2) is 13.4 Å². The highest BCUT2D eigenvalue weighted by molar-refractivity contribution is 9.10. The first-order valence-electron chi connectivity index (χ1n) is 5.58. The number of aromatic amines is 1. The summed E-state index contributed by atoms with van der Waals surface area (Å²) in [6.07, 6.45) is 3.28. The summed E-state index contributed by atoms with van der Waals surface area (Å²) in [4.78, 5) is 8.41. The molecule has 2 aromatic heterocycles. The molecule has 8 heteroatoms. The number of nitrogens with two attached hydrogens (primary N) is 1. The smallest absolute Gasteiger partial charge is 0.147 e. The van der Waals surface area contributed by atoms with E-state index in [1.807, 2.05) is 11.4 Å². The van der Waals surface area contributed by atoms with Gasteiger partial charge in [-0.3, -0.25) is 0 Å². The Morgan fingerprint density at radius 3 is 2.89 bits per heavy atom. The number of imidazole rings is 1. The number of nitrogens with zero attached hydrogens (tertiary/aromatic N) is 1. The Balaban J connectivity index is 2.08. The minimum absolute atomic E-state index is 0.0642. The molecule has 0 fully saturated rings. The van der Waals surface area contributed by atoms with E-state index in [0.717, 1.165) is 15.0 Å². The number of H-pyrrole nitrogens is 1. The van der Waals surface area contributed by atoms with E-state index in [1.165, 1.54) is 6.26 Å². The molecule has 1 atom stereocenters. The van der Waals surface area contributed by atoms with Crippen LogP contribution in [0.5, 0.6) is 0 Å². The minimum atomic E-state index is -3.00. The Morgan fingerprint density at radius 1 is 1.58 bits per heavy atom. The molecule has 0 spiro atoms. The lowest BCUT2D eigenvalue weighted by atomic mass is 10.2. The molecule has 0 amide bonds. The number of halogens is 1. The molecule has 2 heterocycles. The maximum absolute atomic E-state index is 11.1. The molecule has 0 aliphatic rings. The van der Waals surface area contributed by atoms with Crippen LogP contribution in [0.3, 0.4) is 0 Å². The van der Waals surface area contributed by atoms with Gasteiger partial charge in [0.2, 0.25) is 0 Å². The van der Waals surface area contributed by atoms with Crippen molar-refractivity contribution in [3.8, 4) is 10.6 Å². The van der Waals surface area contributed by atoms with Gasteiger partial charge in [0, 0.05) is 16.1 Å². The van der Waals surface area contributed by atoms with Crippen molar-refractivity contribution in [1.29, 1.82) is 0 Å². The highest BCUT2D eigenvalue weighted by Gasteiger charge is 2.14. The normalized spacial score (nSPS) is 13.6. The van der Waals surface area contributed by atoms with E-state index >= 15 is 0 Å². The summed E-state index contributed by atoms with van der Waals surface area (Å²) < 4.78 is 23.2. The first-order chi connectivity index (χ1) is 8.85. The van der Waals surface area contributed by atoms with Gasteiger partial charge >= 0.3 is 0 Å². The quantitative estimate of drug-likeness (QED) is 0.852. The van der Waals surface area contributed by atoms with Gasteiger partial charge in [0.15, 0.2) is 0 Å². The summed E-state index contributed by atoms with van der Waals surface area (Å²) in [5, 5.41) is 1.99. The van der Waals surface area contributed by atoms with Crippen LogP contribution in [0, 0.1) is 0 Å². The Morgan fingerprint density at radius 2 is 2.32 bits per heavy atom. The molecule has 2 rings (SSSR count). The zero-order valence-corrected chi connectivity index (χ0v) is 13.5. The molecular formula is C11H14BrN3O2S2. The average molecular weight is 364 g/mol. The first kappa shape index (κ1) is 14.7. The van der Waals surface area contributed by atoms with Gasteiger partial charge in [0.25, 0.3) is 0 Å². The van der Waals surface area contributed by atoms with Crippen molar-refractivity contribution in [2.24, 2.45) is 5.73 Å². The van der Waals surface area contributed by atoms with Crippen molar-refractivity contribution >= 4 is 37.1 Å². The third-order valence-electron chi connectivity index (χ3n) is 2.58. The molecule has 0 saturated heterocycles. The summed E-state index contributed by atoms with van der Waals surface area (Å²) in [6, 6.07) is 1.59. The SMILES string of the molecule is CS(=O)(=O)CCC(N)c1ncc(-c2cc(Br)cs2)[nH]1. The molecule has 2 aromatic rings. The predicted octanol–water partition coefficient (Wildman–Crippen LogP) is 2.34. The number of thiophene rings is 1. The van der Waals surface area contributed by atoms with Crippen molar-refractivity contribution in [3.63, 3.8) is 0 Å². The van der Waals surface area contributed by atoms with Crippen molar-refractivity contribution in [2.75, 3.05) is 12.0 Å².